The minimum absolute atomic E-state index is 0.0939. The predicted octanol–water partition coefficient (Wildman–Crippen LogP) is 3.42. The van der Waals surface area contributed by atoms with E-state index in [1.54, 1.807) is 0 Å². The summed E-state index contributed by atoms with van der Waals surface area (Å²) in [6.45, 7) is 4.53. The van der Waals surface area contributed by atoms with Gasteiger partial charge in [-0.2, -0.15) is 0 Å². The van der Waals surface area contributed by atoms with E-state index in [0.717, 1.165) is 12.8 Å². The largest absolute Gasteiger partial charge is 0.396 e. The van der Waals surface area contributed by atoms with Crippen molar-refractivity contribution in [1.29, 1.82) is 0 Å². The van der Waals surface area contributed by atoms with Gasteiger partial charge < -0.3 is 5.11 Å². The zero-order valence-electron chi connectivity index (χ0n) is 9.87. The van der Waals surface area contributed by atoms with Crippen molar-refractivity contribution in [2.75, 3.05) is 6.61 Å². The van der Waals surface area contributed by atoms with Crippen LogP contribution < -0.4 is 0 Å². The average molecular weight is 206 g/mol. The van der Waals surface area contributed by atoms with Gasteiger partial charge in [-0.15, -0.1) is 0 Å². The maximum absolute atomic E-state index is 9.11. The normalized spacial score (nSPS) is 11.7. The fourth-order valence-corrected chi connectivity index (χ4v) is 1.66. The number of rotatable bonds is 6. The molecular formula is C14H22O. The SMILES string of the molecule is CC(C)(CO)CCCCc1ccccc1. The van der Waals surface area contributed by atoms with Crippen LogP contribution in [-0.2, 0) is 6.42 Å². The van der Waals surface area contributed by atoms with Gasteiger partial charge in [0.2, 0.25) is 0 Å². The number of hydrogen-bond donors (Lipinski definition) is 1. The molecule has 0 aliphatic rings. The first kappa shape index (κ1) is 12.3. The van der Waals surface area contributed by atoms with Crippen molar-refractivity contribution in [1.82, 2.24) is 0 Å². The van der Waals surface area contributed by atoms with Crippen LogP contribution >= 0.6 is 0 Å². The van der Waals surface area contributed by atoms with Crippen LogP contribution in [0.4, 0.5) is 0 Å². The quantitative estimate of drug-likeness (QED) is 0.707. The fourth-order valence-electron chi connectivity index (χ4n) is 1.66. The van der Waals surface area contributed by atoms with Gasteiger partial charge in [0.05, 0.1) is 0 Å². The Morgan fingerprint density at radius 3 is 2.33 bits per heavy atom. The molecule has 0 bridgehead atoms. The van der Waals surface area contributed by atoms with Crippen LogP contribution in [0.1, 0.15) is 38.7 Å². The van der Waals surface area contributed by atoms with Crippen molar-refractivity contribution in [3.05, 3.63) is 35.9 Å². The van der Waals surface area contributed by atoms with Gasteiger partial charge in [0, 0.05) is 6.61 Å². The summed E-state index contributed by atoms with van der Waals surface area (Å²) in [6, 6.07) is 10.6. The van der Waals surface area contributed by atoms with E-state index in [1.807, 2.05) is 0 Å². The molecule has 0 amide bonds. The van der Waals surface area contributed by atoms with E-state index in [4.69, 9.17) is 5.11 Å². The second kappa shape index (κ2) is 5.92. The van der Waals surface area contributed by atoms with Gasteiger partial charge in [0.15, 0.2) is 0 Å². The Labute approximate surface area is 93.1 Å². The molecule has 0 aliphatic carbocycles. The van der Waals surface area contributed by atoms with Crippen molar-refractivity contribution >= 4 is 0 Å². The molecule has 1 nitrogen and oxygen atoms in total. The second-order valence-corrected chi connectivity index (χ2v) is 5.02. The molecule has 84 valence electrons. The minimum atomic E-state index is 0.0939. The summed E-state index contributed by atoms with van der Waals surface area (Å²) in [6.07, 6.45) is 4.68. The molecule has 1 N–H and O–H groups in total. The average Bonchev–Trinajstić information content (AvgIpc) is 2.26. The molecule has 0 atom stereocenters. The lowest BCUT2D eigenvalue weighted by atomic mass is 9.88. The van der Waals surface area contributed by atoms with Crippen molar-refractivity contribution in [2.45, 2.75) is 39.5 Å². The molecule has 0 aromatic heterocycles. The molecule has 0 heterocycles. The van der Waals surface area contributed by atoms with Crippen LogP contribution in [0.2, 0.25) is 0 Å². The van der Waals surface area contributed by atoms with Crippen molar-refractivity contribution in [3.63, 3.8) is 0 Å². The van der Waals surface area contributed by atoms with Gasteiger partial charge in [-0.1, -0.05) is 50.6 Å². The molecule has 1 aromatic carbocycles. The summed E-state index contributed by atoms with van der Waals surface area (Å²) in [5, 5.41) is 9.11. The Kier molecular flexibility index (Phi) is 4.83. The Balaban J connectivity index is 2.18. The summed E-state index contributed by atoms with van der Waals surface area (Å²) in [5.74, 6) is 0. The first-order valence-corrected chi connectivity index (χ1v) is 5.79. The van der Waals surface area contributed by atoms with Gasteiger partial charge >= 0.3 is 0 Å². The van der Waals surface area contributed by atoms with Crippen LogP contribution in [0.25, 0.3) is 0 Å². The molecule has 0 radical (unpaired) electrons. The minimum Gasteiger partial charge on any atom is -0.396 e. The smallest absolute Gasteiger partial charge is 0.0482 e. The summed E-state index contributed by atoms with van der Waals surface area (Å²) >= 11 is 0. The third kappa shape index (κ3) is 4.98. The van der Waals surface area contributed by atoms with Crippen LogP contribution in [-0.4, -0.2) is 11.7 Å². The lowest BCUT2D eigenvalue weighted by Gasteiger charge is -2.20. The van der Waals surface area contributed by atoms with Gasteiger partial charge in [0.25, 0.3) is 0 Å². The van der Waals surface area contributed by atoms with Gasteiger partial charge in [-0.05, 0) is 30.2 Å². The monoisotopic (exact) mass is 206 g/mol. The predicted molar refractivity (Wildman–Crippen MR) is 64.9 cm³/mol. The Bertz CT molecular complexity index is 264. The zero-order valence-corrected chi connectivity index (χ0v) is 9.87. The number of unbranched alkanes of at least 4 members (excludes halogenated alkanes) is 1. The number of benzene rings is 1. The number of aliphatic hydroxyl groups excluding tert-OH is 1. The van der Waals surface area contributed by atoms with Gasteiger partial charge in [0.1, 0.15) is 0 Å². The molecule has 1 heteroatoms. The lowest BCUT2D eigenvalue weighted by Crippen LogP contribution is -2.16. The van der Waals surface area contributed by atoms with Crippen molar-refractivity contribution in [3.8, 4) is 0 Å². The fraction of sp³-hybridized carbons (Fsp3) is 0.571. The summed E-state index contributed by atoms with van der Waals surface area (Å²) < 4.78 is 0. The third-order valence-electron chi connectivity index (χ3n) is 2.84. The van der Waals surface area contributed by atoms with E-state index < -0.39 is 0 Å². The second-order valence-electron chi connectivity index (χ2n) is 5.02. The number of aryl methyl sites for hydroxylation is 1. The molecular weight excluding hydrogens is 184 g/mol. The molecule has 15 heavy (non-hydrogen) atoms. The van der Waals surface area contributed by atoms with Crippen LogP contribution in [0, 0.1) is 5.41 Å². The van der Waals surface area contributed by atoms with Gasteiger partial charge in [-0.25, -0.2) is 0 Å². The maximum Gasteiger partial charge on any atom is 0.0482 e. The molecule has 0 aliphatic heterocycles. The highest BCUT2D eigenvalue weighted by Gasteiger charge is 2.15. The van der Waals surface area contributed by atoms with E-state index in [9.17, 15) is 0 Å². The molecule has 1 aromatic rings. The van der Waals surface area contributed by atoms with Crippen LogP contribution in [0.15, 0.2) is 30.3 Å². The van der Waals surface area contributed by atoms with E-state index in [0.29, 0.717) is 6.61 Å². The molecule has 0 saturated carbocycles. The highest BCUT2D eigenvalue weighted by Crippen LogP contribution is 2.22. The first-order valence-electron chi connectivity index (χ1n) is 5.79. The Hall–Kier alpha value is -0.820. The molecule has 0 saturated heterocycles. The summed E-state index contributed by atoms with van der Waals surface area (Å²) in [4.78, 5) is 0. The third-order valence-corrected chi connectivity index (χ3v) is 2.84. The van der Waals surface area contributed by atoms with Crippen LogP contribution in [0.3, 0.4) is 0 Å². The molecule has 0 fully saturated rings. The Morgan fingerprint density at radius 1 is 1.07 bits per heavy atom. The highest BCUT2D eigenvalue weighted by molar-refractivity contribution is 5.14. The first-order chi connectivity index (χ1) is 7.14. The van der Waals surface area contributed by atoms with Crippen LogP contribution in [0.5, 0.6) is 0 Å². The van der Waals surface area contributed by atoms with E-state index >= 15 is 0 Å². The summed E-state index contributed by atoms with van der Waals surface area (Å²) in [5.41, 5.74) is 1.51. The topological polar surface area (TPSA) is 20.2 Å². The standard InChI is InChI=1S/C14H22O/c1-14(2,12-15)11-7-6-10-13-8-4-3-5-9-13/h3-5,8-9,15H,6-7,10-12H2,1-2H3. The molecule has 1 rings (SSSR count). The molecule has 0 unspecified atom stereocenters. The van der Waals surface area contributed by atoms with Crippen molar-refractivity contribution < 1.29 is 5.11 Å². The number of aliphatic hydroxyl groups is 1. The molecule has 0 spiro atoms. The maximum atomic E-state index is 9.11. The highest BCUT2D eigenvalue weighted by atomic mass is 16.3. The Morgan fingerprint density at radius 2 is 1.73 bits per heavy atom. The summed E-state index contributed by atoms with van der Waals surface area (Å²) in [7, 11) is 0. The number of hydrogen-bond acceptors (Lipinski definition) is 1. The van der Waals surface area contributed by atoms with E-state index in [1.165, 1.54) is 18.4 Å². The zero-order chi connectivity index (χ0) is 11.1. The van der Waals surface area contributed by atoms with E-state index in [-0.39, 0.29) is 5.41 Å². The van der Waals surface area contributed by atoms with Gasteiger partial charge in [-0.3, -0.25) is 0 Å². The van der Waals surface area contributed by atoms with Crippen molar-refractivity contribution in [2.24, 2.45) is 5.41 Å². The van der Waals surface area contributed by atoms with E-state index in [2.05, 4.69) is 44.2 Å². The lowest BCUT2D eigenvalue weighted by molar-refractivity contribution is 0.147.